The second-order valence-corrected chi connectivity index (χ2v) is 4.76. The number of aromatic nitrogens is 1. The number of halogens is 1. The second-order valence-electron chi connectivity index (χ2n) is 3.84. The van der Waals surface area contributed by atoms with E-state index in [2.05, 4.69) is 31.4 Å². The molecule has 1 aromatic heterocycles. The lowest BCUT2D eigenvalue weighted by atomic mass is 10.1. The number of carboxylic acid groups (broad SMARTS) is 1. The fraction of sp³-hybridized carbons (Fsp3) is 0. The van der Waals surface area contributed by atoms with Crippen LogP contribution in [-0.4, -0.2) is 23.1 Å². The molecule has 0 spiro atoms. The fourth-order valence-electron chi connectivity index (χ4n) is 1.43. The Hall–Kier alpha value is -2.41. The van der Waals surface area contributed by atoms with E-state index >= 15 is 0 Å². The molecular weight excluding hydrogens is 326 g/mol. The zero-order chi connectivity index (χ0) is 14.5. The third-order valence-corrected chi connectivity index (χ3v) is 2.88. The summed E-state index contributed by atoms with van der Waals surface area (Å²) in [5, 5.41) is 14.3. The first-order chi connectivity index (χ1) is 9.56. The maximum Gasteiger partial charge on any atom is 0.287 e. The molecule has 2 N–H and O–H groups in total. The van der Waals surface area contributed by atoms with Crippen molar-refractivity contribution < 1.29 is 14.7 Å². The Labute approximate surface area is 122 Å². The molecule has 0 saturated carbocycles. The predicted molar refractivity (Wildman–Crippen MR) is 74.3 cm³/mol. The molecule has 0 unspecified atom stereocenters. The summed E-state index contributed by atoms with van der Waals surface area (Å²) in [6.45, 7) is 0. The predicted octanol–water partition coefficient (Wildman–Crippen LogP) is 0.905. The first-order valence-corrected chi connectivity index (χ1v) is 6.34. The number of hydrazone groups is 1. The van der Waals surface area contributed by atoms with Crippen LogP contribution in [0.25, 0.3) is 0 Å². The number of amides is 1. The maximum absolute atomic E-state index is 11.6. The van der Waals surface area contributed by atoms with Gasteiger partial charge in [0.1, 0.15) is 5.69 Å². The van der Waals surface area contributed by atoms with Gasteiger partial charge in [0, 0.05) is 10.7 Å². The van der Waals surface area contributed by atoms with E-state index < -0.39 is 5.97 Å². The van der Waals surface area contributed by atoms with Crippen molar-refractivity contribution in [3.05, 3.63) is 57.8 Å². The highest BCUT2D eigenvalue weighted by Crippen LogP contribution is 2.10. The zero-order valence-corrected chi connectivity index (χ0v) is 11.7. The fourth-order valence-corrected chi connectivity index (χ4v) is 1.77. The van der Waals surface area contributed by atoms with Crippen molar-refractivity contribution in [2.24, 2.45) is 5.10 Å². The molecule has 0 bridgehead atoms. The minimum atomic E-state index is -1.24. The molecule has 0 aliphatic carbocycles. The van der Waals surface area contributed by atoms with Crippen molar-refractivity contribution in [1.82, 2.24) is 10.4 Å². The largest absolute Gasteiger partial charge is 0.545 e. The van der Waals surface area contributed by atoms with E-state index in [1.165, 1.54) is 18.3 Å². The number of hydrogen-bond acceptors (Lipinski definition) is 4. The van der Waals surface area contributed by atoms with Crippen LogP contribution in [0.1, 0.15) is 26.4 Å². The molecule has 0 aliphatic rings. The summed E-state index contributed by atoms with van der Waals surface area (Å²) in [7, 11) is 0. The molecule has 2 aromatic rings. The molecular formula is C13H9BrN3O3-. The number of nitrogens with one attached hydrogen (secondary N) is 2. The van der Waals surface area contributed by atoms with Gasteiger partial charge in [0.25, 0.3) is 5.91 Å². The lowest BCUT2D eigenvalue weighted by Gasteiger charge is -2.01. The van der Waals surface area contributed by atoms with Gasteiger partial charge in [0.2, 0.25) is 0 Å². The number of carbonyl (C=O) groups excluding carboxylic acids is 2. The van der Waals surface area contributed by atoms with E-state index in [9.17, 15) is 14.7 Å². The van der Waals surface area contributed by atoms with E-state index in [0.717, 1.165) is 4.47 Å². The highest BCUT2D eigenvalue weighted by Gasteiger charge is 2.05. The quantitative estimate of drug-likeness (QED) is 0.642. The molecule has 0 atom stereocenters. The van der Waals surface area contributed by atoms with Crippen LogP contribution in [0.5, 0.6) is 0 Å². The van der Waals surface area contributed by atoms with Gasteiger partial charge in [-0.1, -0.05) is 24.3 Å². The Balaban J connectivity index is 1.96. The average Bonchev–Trinajstić information content (AvgIpc) is 2.86. The van der Waals surface area contributed by atoms with Gasteiger partial charge in [-0.3, -0.25) is 4.79 Å². The summed E-state index contributed by atoms with van der Waals surface area (Å²) in [5.74, 6) is -1.61. The van der Waals surface area contributed by atoms with Crippen LogP contribution < -0.4 is 10.5 Å². The van der Waals surface area contributed by atoms with Gasteiger partial charge >= 0.3 is 0 Å². The maximum atomic E-state index is 11.6. The van der Waals surface area contributed by atoms with E-state index in [4.69, 9.17) is 0 Å². The molecule has 102 valence electrons. The summed E-state index contributed by atoms with van der Waals surface area (Å²) >= 11 is 3.22. The van der Waals surface area contributed by atoms with Crippen LogP contribution in [0.3, 0.4) is 0 Å². The van der Waals surface area contributed by atoms with Crippen molar-refractivity contribution in [2.45, 2.75) is 0 Å². The lowest BCUT2D eigenvalue weighted by Crippen LogP contribution is -2.22. The van der Waals surface area contributed by atoms with E-state index in [1.807, 2.05) is 0 Å². The highest BCUT2D eigenvalue weighted by atomic mass is 79.9. The van der Waals surface area contributed by atoms with Gasteiger partial charge in [-0.15, -0.1) is 0 Å². The van der Waals surface area contributed by atoms with Gasteiger partial charge in [-0.2, -0.15) is 5.10 Å². The summed E-state index contributed by atoms with van der Waals surface area (Å²) < 4.78 is 0.768. The Bertz CT molecular complexity index is 662. The summed E-state index contributed by atoms with van der Waals surface area (Å²) in [6.07, 6.45) is 3.05. The minimum Gasteiger partial charge on any atom is -0.545 e. The average molecular weight is 335 g/mol. The number of rotatable bonds is 4. The van der Waals surface area contributed by atoms with Gasteiger partial charge < -0.3 is 14.9 Å². The van der Waals surface area contributed by atoms with Crippen molar-refractivity contribution >= 4 is 34.0 Å². The highest BCUT2D eigenvalue weighted by molar-refractivity contribution is 9.10. The SMILES string of the molecule is O=C([O-])c1ccc(/C=N\NC(=O)c2cc(Br)c[nH]2)cc1. The van der Waals surface area contributed by atoms with Gasteiger partial charge in [0.15, 0.2) is 0 Å². The topological polar surface area (TPSA) is 97.4 Å². The van der Waals surface area contributed by atoms with E-state index in [-0.39, 0.29) is 11.5 Å². The van der Waals surface area contributed by atoms with Crippen LogP contribution in [0, 0.1) is 0 Å². The lowest BCUT2D eigenvalue weighted by molar-refractivity contribution is -0.255. The normalized spacial score (nSPS) is 10.7. The number of H-pyrrole nitrogens is 1. The number of aromatic amines is 1. The van der Waals surface area contributed by atoms with Crippen LogP contribution in [0.15, 0.2) is 46.1 Å². The second kappa shape index (κ2) is 6.16. The number of hydrogen-bond donors (Lipinski definition) is 2. The summed E-state index contributed by atoms with van der Waals surface area (Å²) in [4.78, 5) is 25.0. The third kappa shape index (κ3) is 3.55. The number of aromatic carboxylic acids is 1. The van der Waals surface area contributed by atoms with Crippen LogP contribution in [-0.2, 0) is 0 Å². The Kier molecular flexibility index (Phi) is 4.31. The first kappa shape index (κ1) is 14.0. The molecule has 0 aliphatic heterocycles. The Morgan fingerprint density at radius 1 is 1.30 bits per heavy atom. The molecule has 0 saturated heterocycles. The van der Waals surface area contributed by atoms with Gasteiger partial charge in [-0.25, -0.2) is 5.43 Å². The Morgan fingerprint density at radius 3 is 2.55 bits per heavy atom. The Morgan fingerprint density at radius 2 is 2.00 bits per heavy atom. The summed E-state index contributed by atoms with van der Waals surface area (Å²) in [6, 6.07) is 7.55. The molecule has 7 heteroatoms. The van der Waals surface area contributed by atoms with Crippen molar-refractivity contribution in [1.29, 1.82) is 0 Å². The molecule has 20 heavy (non-hydrogen) atoms. The van der Waals surface area contributed by atoms with Crippen LogP contribution in [0.2, 0.25) is 0 Å². The van der Waals surface area contributed by atoms with Crippen molar-refractivity contribution in [2.75, 3.05) is 0 Å². The van der Waals surface area contributed by atoms with Gasteiger partial charge in [-0.05, 0) is 33.1 Å². The number of carboxylic acids is 1. The first-order valence-electron chi connectivity index (χ1n) is 5.55. The standard InChI is InChI=1S/C13H10BrN3O3/c14-10-5-11(15-7-10)12(18)17-16-6-8-1-3-9(4-2-8)13(19)20/h1-7,15H,(H,17,18)(H,19,20)/p-1/b16-6-. The van der Waals surface area contributed by atoms with E-state index in [1.54, 1.807) is 24.4 Å². The molecule has 1 aromatic carbocycles. The smallest absolute Gasteiger partial charge is 0.287 e. The minimum absolute atomic E-state index is 0.0856. The summed E-state index contributed by atoms with van der Waals surface area (Å²) in [5.41, 5.74) is 3.47. The monoisotopic (exact) mass is 334 g/mol. The van der Waals surface area contributed by atoms with E-state index in [0.29, 0.717) is 11.3 Å². The van der Waals surface area contributed by atoms with Crippen molar-refractivity contribution in [3.8, 4) is 0 Å². The van der Waals surface area contributed by atoms with Crippen LogP contribution in [0.4, 0.5) is 0 Å². The number of nitrogens with zero attached hydrogens (tertiary/aromatic N) is 1. The molecule has 0 radical (unpaired) electrons. The van der Waals surface area contributed by atoms with Crippen LogP contribution >= 0.6 is 15.9 Å². The molecule has 0 fully saturated rings. The zero-order valence-electron chi connectivity index (χ0n) is 10.1. The van der Waals surface area contributed by atoms with Crippen molar-refractivity contribution in [3.63, 3.8) is 0 Å². The molecule has 1 amide bonds. The molecule has 2 rings (SSSR count). The molecule has 1 heterocycles. The molecule has 6 nitrogen and oxygen atoms in total. The number of benzene rings is 1. The van der Waals surface area contributed by atoms with Gasteiger partial charge in [0.05, 0.1) is 12.2 Å². The third-order valence-electron chi connectivity index (χ3n) is 2.42. The number of carbonyl (C=O) groups is 2.